The molecule has 0 unspecified atom stereocenters. The van der Waals surface area contributed by atoms with Crippen molar-refractivity contribution in [3.63, 3.8) is 0 Å². The number of ether oxygens (including phenoxy) is 1. The van der Waals surface area contributed by atoms with Crippen molar-refractivity contribution in [1.29, 1.82) is 0 Å². The van der Waals surface area contributed by atoms with Gasteiger partial charge in [0.2, 0.25) is 0 Å². The van der Waals surface area contributed by atoms with Gasteiger partial charge in [-0.25, -0.2) is 9.97 Å². The normalized spacial score (nSPS) is 12.8. The summed E-state index contributed by atoms with van der Waals surface area (Å²) in [6, 6.07) is 0. The van der Waals surface area contributed by atoms with Crippen LogP contribution in [-0.4, -0.2) is 45.6 Å². The van der Waals surface area contributed by atoms with Crippen LogP contribution in [0, 0.1) is 6.92 Å². The predicted molar refractivity (Wildman–Crippen MR) is 161 cm³/mol. The van der Waals surface area contributed by atoms with E-state index in [9.17, 15) is 4.79 Å². The molecule has 7 heteroatoms. The van der Waals surface area contributed by atoms with Gasteiger partial charge in [0.05, 0.1) is 6.61 Å². The molecule has 7 nitrogen and oxygen atoms in total. The highest BCUT2D eigenvalue weighted by Gasteiger charge is 2.13. The average molecular weight is 523 g/mol. The van der Waals surface area contributed by atoms with Crippen LogP contribution in [0.5, 0.6) is 0 Å². The summed E-state index contributed by atoms with van der Waals surface area (Å²) in [6.45, 7) is 22.5. The fraction of sp³-hybridized carbons (Fsp3) is 0.387. The number of hydrogen-bond acceptors (Lipinski definition) is 6. The summed E-state index contributed by atoms with van der Waals surface area (Å²) >= 11 is 0. The van der Waals surface area contributed by atoms with Gasteiger partial charge in [0.25, 0.3) is 0 Å². The topological polar surface area (TPSA) is 87.6 Å². The predicted octanol–water partition coefficient (Wildman–Crippen LogP) is 7.45. The summed E-state index contributed by atoms with van der Waals surface area (Å²) in [4.78, 5) is 21.8. The van der Waals surface area contributed by atoms with Gasteiger partial charge in [0, 0.05) is 29.6 Å². The van der Waals surface area contributed by atoms with Gasteiger partial charge in [-0.3, -0.25) is 4.79 Å². The van der Waals surface area contributed by atoms with E-state index in [-0.39, 0.29) is 6.54 Å². The molecule has 1 aromatic heterocycles. The Kier molecular flexibility index (Phi) is 18.2. The second-order valence-corrected chi connectivity index (χ2v) is 7.73. The van der Waals surface area contributed by atoms with Gasteiger partial charge < -0.3 is 20.1 Å². The van der Waals surface area contributed by atoms with E-state index in [1.165, 1.54) is 6.20 Å². The Labute approximate surface area is 229 Å². The van der Waals surface area contributed by atoms with Gasteiger partial charge in [-0.05, 0) is 63.6 Å². The Balaban J connectivity index is 0.00000326. The van der Waals surface area contributed by atoms with Crippen molar-refractivity contribution in [2.24, 2.45) is 0 Å². The second kappa shape index (κ2) is 20.2. The SMILES string of the molecule is C=C/C=C(\C=C/C)c1ncc(C)c(NCCCOC2=CCC(C)=C(N(C=C)CC(=O)O)C=C2)n1.CC.CC. The van der Waals surface area contributed by atoms with Crippen molar-refractivity contribution >= 4 is 17.4 Å². The van der Waals surface area contributed by atoms with Crippen molar-refractivity contribution in [3.8, 4) is 0 Å². The standard InChI is InChI=1S/C27H34N4O3.2C2H6/c1-6-10-22(11-7-2)27-29-18-21(5)26(30-27)28-16-9-17-34-23-13-12-20(4)24(15-14-23)31(8-3)19-25(32)33;2*1-2/h6-8,10-11,13-15,18H,1,3,9,12,16-17,19H2,2,4-5H3,(H,32,33)(H,28,29,30);2*1-2H3/b11-7-,22-10+;;. The molecule has 0 saturated heterocycles. The number of aliphatic carboxylic acids is 1. The lowest BCUT2D eigenvalue weighted by molar-refractivity contribution is -0.137. The lowest BCUT2D eigenvalue weighted by Crippen LogP contribution is -2.24. The third-order valence-electron chi connectivity index (χ3n) is 5.04. The van der Waals surface area contributed by atoms with Crippen LogP contribution >= 0.6 is 0 Å². The number of carboxylic acids is 1. The van der Waals surface area contributed by atoms with E-state index in [1.54, 1.807) is 11.0 Å². The van der Waals surface area contributed by atoms with E-state index in [1.807, 2.05) is 91.1 Å². The quantitative estimate of drug-likeness (QED) is 0.205. The number of carboxylic acid groups (broad SMARTS) is 1. The smallest absolute Gasteiger partial charge is 0.323 e. The highest BCUT2D eigenvalue weighted by Crippen LogP contribution is 2.22. The number of rotatable bonds is 13. The zero-order valence-electron chi connectivity index (χ0n) is 24.3. The molecule has 208 valence electrons. The monoisotopic (exact) mass is 522 g/mol. The van der Waals surface area contributed by atoms with Crippen molar-refractivity contribution in [2.45, 2.75) is 61.3 Å². The zero-order valence-corrected chi connectivity index (χ0v) is 24.3. The first-order chi connectivity index (χ1) is 18.4. The molecule has 2 N–H and O–H groups in total. The van der Waals surface area contributed by atoms with Crippen LogP contribution in [-0.2, 0) is 9.53 Å². The van der Waals surface area contributed by atoms with E-state index in [2.05, 4.69) is 28.4 Å². The fourth-order valence-corrected chi connectivity index (χ4v) is 3.31. The van der Waals surface area contributed by atoms with Crippen molar-refractivity contribution in [2.75, 3.05) is 25.0 Å². The van der Waals surface area contributed by atoms with Crippen LogP contribution < -0.4 is 5.32 Å². The minimum Gasteiger partial charge on any atom is -0.494 e. The number of nitrogens with one attached hydrogen (secondary N) is 1. The Hall–Kier alpha value is -3.87. The van der Waals surface area contributed by atoms with Crippen molar-refractivity contribution < 1.29 is 14.6 Å². The first-order valence-corrected chi connectivity index (χ1v) is 13.2. The maximum Gasteiger partial charge on any atom is 0.323 e. The molecule has 0 bridgehead atoms. The number of anilines is 1. The summed E-state index contributed by atoms with van der Waals surface area (Å²) in [5, 5.41) is 12.5. The van der Waals surface area contributed by atoms with Gasteiger partial charge in [0.1, 0.15) is 18.1 Å². The molecule has 0 saturated carbocycles. The molecule has 0 aliphatic heterocycles. The Morgan fingerprint density at radius 3 is 2.53 bits per heavy atom. The van der Waals surface area contributed by atoms with Gasteiger partial charge in [-0.2, -0.15) is 0 Å². The van der Waals surface area contributed by atoms with Crippen molar-refractivity contribution in [3.05, 3.63) is 96.5 Å². The summed E-state index contributed by atoms with van der Waals surface area (Å²) in [6.07, 6.45) is 18.1. The van der Waals surface area contributed by atoms with Crippen LogP contribution in [0.2, 0.25) is 0 Å². The highest BCUT2D eigenvalue weighted by molar-refractivity contribution is 5.71. The molecular weight excluding hydrogens is 476 g/mol. The van der Waals surface area contributed by atoms with Crippen LogP contribution in [0.1, 0.15) is 65.8 Å². The minimum atomic E-state index is -0.907. The summed E-state index contributed by atoms with van der Waals surface area (Å²) in [5.74, 6) is 1.30. The van der Waals surface area contributed by atoms with Gasteiger partial charge in [-0.15, -0.1) is 0 Å². The average Bonchev–Trinajstić information content (AvgIpc) is 3.11. The maximum atomic E-state index is 11.1. The van der Waals surface area contributed by atoms with Gasteiger partial charge >= 0.3 is 5.97 Å². The Bertz CT molecular complexity index is 1050. The third kappa shape index (κ3) is 11.9. The molecule has 1 aromatic rings. The molecular formula is C31H46N4O3. The van der Waals surface area contributed by atoms with E-state index < -0.39 is 5.97 Å². The summed E-state index contributed by atoms with van der Waals surface area (Å²) in [7, 11) is 0. The zero-order chi connectivity index (χ0) is 28.9. The number of carbonyl (C=O) groups is 1. The minimum absolute atomic E-state index is 0.133. The van der Waals surface area contributed by atoms with Crippen LogP contribution in [0.25, 0.3) is 5.57 Å². The molecule has 1 aliphatic carbocycles. The number of allylic oxidation sites excluding steroid dienone is 9. The number of aromatic nitrogens is 2. The third-order valence-corrected chi connectivity index (χ3v) is 5.04. The van der Waals surface area contributed by atoms with Crippen molar-refractivity contribution in [1.82, 2.24) is 14.9 Å². The summed E-state index contributed by atoms with van der Waals surface area (Å²) < 4.78 is 5.93. The van der Waals surface area contributed by atoms with Crippen LogP contribution in [0.4, 0.5) is 5.82 Å². The number of nitrogens with zero attached hydrogens (tertiary/aromatic N) is 3. The Morgan fingerprint density at radius 2 is 1.92 bits per heavy atom. The molecule has 0 radical (unpaired) electrons. The molecule has 2 rings (SSSR count). The first kappa shape index (κ1) is 34.1. The lowest BCUT2D eigenvalue weighted by Gasteiger charge is -2.20. The number of aryl methyl sites for hydroxylation is 1. The van der Waals surface area contributed by atoms with E-state index >= 15 is 0 Å². The lowest BCUT2D eigenvalue weighted by atomic mass is 10.1. The highest BCUT2D eigenvalue weighted by atomic mass is 16.5. The van der Waals surface area contributed by atoms with Crippen LogP contribution in [0.15, 0.2) is 85.1 Å². The first-order valence-electron chi connectivity index (χ1n) is 13.2. The summed E-state index contributed by atoms with van der Waals surface area (Å²) in [5.41, 5.74) is 3.75. The molecule has 0 atom stereocenters. The van der Waals surface area contributed by atoms with Crippen LogP contribution in [0.3, 0.4) is 0 Å². The molecule has 38 heavy (non-hydrogen) atoms. The number of hydrogen-bond donors (Lipinski definition) is 2. The second-order valence-electron chi connectivity index (χ2n) is 7.73. The molecule has 0 spiro atoms. The van der Waals surface area contributed by atoms with E-state index in [0.29, 0.717) is 25.4 Å². The fourth-order valence-electron chi connectivity index (χ4n) is 3.31. The Morgan fingerprint density at radius 1 is 1.21 bits per heavy atom. The van der Waals surface area contributed by atoms with Gasteiger partial charge in [-0.1, -0.05) is 65.2 Å². The largest absolute Gasteiger partial charge is 0.494 e. The molecule has 1 heterocycles. The molecule has 1 aliphatic rings. The van der Waals surface area contributed by atoms with E-state index in [0.717, 1.165) is 40.4 Å². The van der Waals surface area contributed by atoms with E-state index in [4.69, 9.17) is 9.84 Å². The van der Waals surface area contributed by atoms with Gasteiger partial charge in [0.15, 0.2) is 5.82 Å². The molecule has 0 aromatic carbocycles. The maximum absolute atomic E-state index is 11.1. The molecule has 0 fully saturated rings. The molecule has 0 amide bonds.